The number of fused-ring (bicyclic) bond motifs is 1. The van der Waals surface area contributed by atoms with Crippen molar-refractivity contribution in [2.45, 2.75) is 76.7 Å². The van der Waals surface area contributed by atoms with Gasteiger partial charge in [-0.3, -0.25) is 0 Å². The Labute approximate surface area is 172 Å². The standard InChI is InChI=1S/C23H30O6/c1-22(2)26-14-19(28-22)17-12-18-21(29-23(3,4)27-18)20(17)25-13-16-9-7-15(8-10-16)6-5-11-24/h7-10,17-21,24H,11-14H2,1-4H3/t17-,18+,19-,20+,21+/m1/s1. The molecule has 2 heterocycles. The van der Waals surface area contributed by atoms with Gasteiger partial charge >= 0.3 is 0 Å². The maximum absolute atomic E-state index is 8.81. The highest BCUT2D eigenvalue weighted by Crippen LogP contribution is 2.46. The van der Waals surface area contributed by atoms with E-state index in [1.54, 1.807) is 0 Å². The molecule has 6 nitrogen and oxygen atoms in total. The van der Waals surface area contributed by atoms with Crippen molar-refractivity contribution in [3.63, 3.8) is 0 Å². The van der Waals surface area contributed by atoms with Gasteiger partial charge in [-0.15, -0.1) is 0 Å². The fourth-order valence-electron chi connectivity index (χ4n) is 4.50. The van der Waals surface area contributed by atoms with Crippen LogP contribution in [0.25, 0.3) is 0 Å². The Morgan fingerprint density at radius 3 is 2.41 bits per heavy atom. The molecule has 2 saturated heterocycles. The second-order valence-corrected chi connectivity index (χ2v) is 8.84. The Hall–Kier alpha value is -1.46. The molecule has 158 valence electrons. The number of hydrogen-bond acceptors (Lipinski definition) is 6. The minimum atomic E-state index is -0.596. The van der Waals surface area contributed by atoms with Gasteiger partial charge in [0.15, 0.2) is 11.6 Å². The Morgan fingerprint density at radius 1 is 1.03 bits per heavy atom. The summed E-state index contributed by atoms with van der Waals surface area (Å²) in [5, 5.41) is 8.81. The first-order chi connectivity index (χ1) is 13.8. The topological polar surface area (TPSA) is 66.4 Å². The Kier molecular flexibility index (Phi) is 5.73. The van der Waals surface area contributed by atoms with Gasteiger partial charge in [0.2, 0.25) is 0 Å². The molecule has 0 spiro atoms. The predicted octanol–water partition coefficient (Wildman–Crippen LogP) is 2.61. The molecule has 1 aromatic rings. The van der Waals surface area contributed by atoms with Crippen LogP contribution in [0.3, 0.4) is 0 Å². The van der Waals surface area contributed by atoms with E-state index in [-0.39, 0.29) is 36.9 Å². The summed E-state index contributed by atoms with van der Waals surface area (Å²) in [6.45, 7) is 8.66. The molecule has 6 heteroatoms. The normalized spacial score (nSPS) is 34.6. The van der Waals surface area contributed by atoms with Crippen LogP contribution < -0.4 is 0 Å². The zero-order chi connectivity index (χ0) is 20.6. The number of benzene rings is 1. The molecule has 3 fully saturated rings. The van der Waals surface area contributed by atoms with Crippen molar-refractivity contribution in [1.82, 2.24) is 0 Å². The van der Waals surface area contributed by atoms with Gasteiger partial charge in [-0.2, -0.15) is 0 Å². The molecule has 0 unspecified atom stereocenters. The molecule has 0 amide bonds. The number of hydrogen-bond donors (Lipinski definition) is 1. The number of aliphatic hydroxyl groups is 1. The van der Waals surface area contributed by atoms with Crippen LogP contribution in [-0.4, -0.2) is 54.3 Å². The molecule has 0 bridgehead atoms. The quantitative estimate of drug-likeness (QED) is 0.781. The third-order valence-corrected chi connectivity index (χ3v) is 5.69. The van der Waals surface area contributed by atoms with Crippen molar-refractivity contribution in [3.8, 4) is 11.8 Å². The van der Waals surface area contributed by atoms with Crippen LogP contribution in [0, 0.1) is 17.8 Å². The maximum Gasteiger partial charge on any atom is 0.163 e. The van der Waals surface area contributed by atoms with Crippen LogP contribution in [-0.2, 0) is 30.3 Å². The van der Waals surface area contributed by atoms with E-state index in [4.69, 9.17) is 28.8 Å². The van der Waals surface area contributed by atoms with Crippen molar-refractivity contribution in [3.05, 3.63) is 35.4 Å². The molecule has 5 atom stereocenters. The Bertz CT molecular complexity index is 775. The highest BCUT2D eigenvalue weighted by Gasteiger charge is 2.57. The molecule has 1 aliphatic carbocycles. The Morgan fingerprint density at radius 2 is 1.76 bits per heavy atom. The van der Waals surface area contributed by atoms with Gasteiger partial charge in [-0.25, -0.2) is 0 Å². The predicted molar refractivity (Wildman–Crippen MR) is 106 cm³/mol. The summed E-state index contributed by atoms with van der Waals surface area (Å²) in [5.74, 6) is 4.54. The lowest BCUT2D eigenvalue weighted by Gasteiger charge is -2.30. The molecule has 1 saturated carbocycles. The van der Waals surface area contributed by atoms with Crippen LogP contribution in [0.1, 0.15) is 45.2 Å². The highest BCUT2D eigenvalue weighted by molar-refractivity contribution is 5.36. The van der Waals surface area contributed by atoms with E-state index >= 15 is 0 Å². The van der Waals surface area contributed by atoms with E-state index in [0.29, 0.717) is 13.2 Å². The molecular formula is C23H30O6. The smallest absolute Gasteiger partial charge is 0.163 e. The van der Waals surface area contributed by atoms with Crippen LogP contribution in [0.2, 0.25) is 0 Å². The summed E-state index contributed by atoms with van der Waals surface area (Å²) in [6, 6.07) is 7.87. The van der Waals surface area contributed by atoms with Gasteiger partial charge in [0.25, 0.3) is 0 Å². The summed E-state index contributed by atoms with van der Waals surface area (Å²) in [7, 11) is 0. The van der Waals surface area contributed by atoms with Gasteiger partial charge in [0, 0.05) is 11.5 Å². The second-order valence-electron chi connectivity index (χ2n) is 8.84. The van der Waals surface area contributed by atoms with Crippen molar-refractivity contribution >= 4 is 0 Å². The van der Waals surface area contributed by atoms with Crippen LogP contribution in [0.5, 0.6) is 0 Å². The fourth-order valence-corrected chi connectivity index (χ4v) is 4.50. The lowest BCUT2D eigenvalue weighted by atomic mass is 9.98. The maximum atomic E-state index is 8.81. The lowest BCUT2D eigenvalue weighted by molar-refractivity contribution is -0.188. The fraction of sp³-hybridized carbons (Fsp3) is 0.652. The molecule has 0 aromatic heterocycles. The third-order valence-electron chi connectivity index (χ3n) is 5.69. The average Bonchev–Trinajstić information content (AvgIpc) is 3.28. The van der Waals surface area contributed by atoms with Gasteiger partial charge in [-0.05, 0) is 51.8 Å². The Balaban J connectivity index is 1.46. The molecule has 29 heavy (non-hydrogen) atoms. The van der Waals surface area contributed by atoms with Gasteiger partial charge < -0.3 is 28.8 Å². The second kappa shape index (κ2) is 7.99. The van der Waals surface area contributed by atoms with Crippen molar-refractivity contribution in [1.29, 1.82) is 0 Å². The summed E-state index contributed by atoms with van der Waals surface area (Å²) in [6.07, 6.45) is 0.559. The SMILES string of the molecule is CC1(C)O[C@@H]2[C@@H](OCc3ccc(C#CCO)cc3)[C@@H]([C@H]3COC(C)(C)O3)C[C@@H]2O1. The van der Waals surface area contributed by atoms with E-state index in [9.17, 15) is 0 Å². The third kappa shape index (κ3) is 4.66. The minimum Gasteiger partial charge on any atom is -0.384 e. The molecule has 4 rings (SSSR count). The van der Waals surface area contributed by atoms with E-state index in [2.05, 4.69) is 11.8 Å². The van der Waals surface area contributed by atoms with Crippen molar-refractivity contribution in [2.75, 3.05) is 13.2 Å². The number of ether oxygens (including phenoxy) is 5. The monoisotopic (exact) mass is 402 g/mol. The molecule has 2 aliphatic heterocycles. The van der Waals surface area contributed by atoms with Crippen molar-refractivity contribution < 1.29 is 28.8 Å². The van der Waals surface area contributed by atoms with Gasteiger partial charge in [0.1, 0.15) is 12.7 Å². The summed E-state index contributed by atoms with van der Waals surface area (Å²) in [5.41, 5.74) is 1.93. The first kappa shape index (κ1) is 20.8. The van der Waals surface area contributed by atoms with Crippen LogP contribution >= 0.6 is 0 Å². The zero-order valence-corrected chi connectivity index (χ0v) is 17.5. The summed E-state index contributed by atoms with van der Waals surface area (Å²) >= 11 is 0. The van der Waals surface area contributed by atoms with E-state index < -0.39 is 11.6 Å². The van der Waals surface area contributed by atoms with Crippen molar-refractivity contribution in [2.24, 2.45) is 5.92 Å². The molecule has 0 radical (unpaired) electrons. The highest BCUT2D eigenvalue weighted by atomic mass is 16.8. The minimum absolute atomic E-state index is 0.00319. The summed E-state index contributed by atoms with van der Waals surface area (Å²) < 4.78 is 30.6. The van der Waals surface area contributed by atoms with Gasteiger partial charge in [-0.1, -0.05) is 24.0 Å². The zero-order valence-electron chi connectivity index (χ0n) is 17.5. The first-order valence-electron chi connectivity index (χ1n) is 10.2. The lowest BCUT2D eigenvalue weighted by Crippen LogP contribution is -2.39. The average molecular weight is 402 g/mol. The van der Waals surface area contributed by atoms with Crippen LogP contribution in [0.15, 0.2) is 24.3 Å². The van der Waals surface area contributed by atoms with E-state index in [1.165, 1.54) is 0 Å². The van der Waals surface area contributed by atoms with E-state index in [1.807, 2.05) is 52.0 Å². The van der Waals surface area contributed by atoms with E-state index in [0.717, 1.165) is 17.5 Å². The molecule has 1 aromatic carbocycles. The summed E-state index contributed by atoms with van der Waals surface area (Å²) in [4.78, 5) is 0. The first-order valence-corrected chi connectivity index (χ1v) is 10.2. The van der Waals surface area contributed by atoms with Gasteiger partial charge in [0.05, 0.1) is 31.5 Å². The van der Waals surface area contributed by atoms with Crippen LogP contribution in [0.4, 0.5) is 0 Å². The molecular weight excluding hydrogens is 372 g/mol. The largest absolute Gasteiger partial charge is 0.384 e. The molecule has 1 N–H and O–H groups in total. The molecule has 3 aliphatic rings. The number of rotatable bonds is 4. The number of aliphatic hydroxyl groups excluding tert-OH is 1.